The molecule has 1 saturated heterocycles. The van der Waals surface area contributed by atoms with E-state index < -0.39 is 14.8 Å². The lowest BCUT2D eigenvalue weighted by atomic mass is 10.2. The van der Waals surface area contributed by atoms with Crippen molar-refractivity contribution in [1.29, 1.82) is 0 Å². The highest BCUT2D eigenvalue weighted by atomic mass is 32.2. The molecule has 0 bridgehead atoms. The Hall–Kier alpha value is -2.32. The first kappa shape index (κ1) is 15.9. The fraction of sp³-hybridized carbons (Fsp3) is 0.389. The zero-order valence-corrected chi connectivity index (χ0v) is 14.9. The van der Waals surface area contributed by atoms with E-state index in [9.17, 15) is 8.42 Å². The number of sulfonamides is 1. The number of hydrogen-bond acceptors (Lipinski definition) is 6. The van der Waals surface area contributed by atoms with Crippen LogP contribution in [0.4, 0.5) is 0 Å². The molecule has 0 amide bonds. The van der Waals surface area contributed by atoms with Crippen molar-refractivity contribution in [2.45, 2.75) is 37.0 Å². The van der Waals surface area contributed by atoms with Gasteiger partial charge in [0.2, 0.25) is 21.7 Å². The summed E-state index contributed by atoms with van der Waals surface area (Å²) in [6.07, 6.45) is 3.18. The maximum absolute atomic E-state index is 12.7. The van der Waals surface area contributed by atoms with E-state index in [1.165, 1.54) is 4.31 Å². The lowest BCUT2D eigenvalue weighted by Crippen LogP contribution is -2.44. The summed E-state index contributed by atoms with van der Waals surface area (Å²) in [5.41, 5.74) is 1.46. The Morgan fingerprint density at radius 2 is 1.92 bits per heavy atom. The fourth-order valence-electron chi connectivity index (χ4n) is 3.68. The molecule has 1 aliphatic heterocycles. The lowest BCUT2D eigenvalue weighted by Gasteiger charge is -2.31. The van der Waals surface area contributed by atoms with Gasteiger partial charge in [0.05, 0.1) is 16.8 Å². The molecule has 0 N–H and O–H groups in total. The van der Waals surface area contributed by atoms with Gasteiger partial charge in [-0.05, 0) is 37.8 Å². The van der Waals surface area contributed by atoms with Gasteiger partial charge >= 0.3 is 0 Å². The van der Waals surface area contributed by atoms with E-state index >= 15 is 0 Å². The number of benzene rings is 1. The molecule has 0 atom stereocenters. The topological polar surface area (TPSA) is 89.2 Å². The Kier molecular flexibility index (Phi) is 3.42. The largest absolute Gasteiger partial charge is 0.337 e. The van der Waals surface area contributed by atoms with Gasteiger partial charge in [0.1, 0.15) is 5.69 Å². The zero-order valence-electron chi connectivity index (χ0n) is 14.1. The smallest absolute Gasteiger partial charge is 0.242 e. The van der Waals surface area contributed by atoms with Crippen LogP contribution in [0.1, 0.15) is 31.6 Å². The van der Waals surface area contributed by atoms with Crippen LogP contribution in [0, 0.1) is 0 Å². The Labute approximate surface area is 151 Å². The Balaban J connectivity index is 1.41. The van der Waals surface area contributed by atoms with Gasteiger partial charge in [0.25, 0.3) is 0 Å². The number of nitrogens with zero attached hydrogens (tertiary/aromatic N) is 4. The molecule has 8 heteroatoms. The molecule has 7 nitrogen and oxygen atoms in total. The highest BCUT2D eigenvalue weighted by molar-refractivity contribution is 7.90. The molecule has 2 fully saturated rings. The zero-order chi connectivity index (χ0) is 17.8. The monoisotopic (exact) mass is 370 g/mol. The molecule has 3 aromatic rings. The van der Waals surface area contributed by atoms with Crippen LogP contribution in [0.25, 0.3) is 22.4 Å². The van der Waals surface area contributed by atoms with Crippen molar-refractivity contribution in [3.63, 3.8) is 0 Å². The molecule has 0 radical (unpaired) electrons. The van der Waals surface area contributed by atoms with E-state index in [0.717, 1.165) is 36.6 Å². The van der Waals surface area contributed by atoms with Gasteiger partial charge in [-0.3, -0.25) is 0 Å². The van der Waals surface area contributed by atoms with Gasteiger partial charge in [0.15, 0.2) is 0 Å². The summed E-state index contributed by atoms with van der Waals surface area (Å²) in [5.74, 6) is 0.678. The van der Waals surface area contributed by atoms with Gasteiger partial charge in [-0.1, -0.05) is 29.4 Å². The third-order valence-corrected chi connectivity index (χ3v) is 8.04. The molecule has 5 rings (SSSR count). The van der Waals surface area contributed by atoms with Crippen LogP contribution in [-0.4, -0.2) is 39.1 Å². The van der Waals surface area contributed by atoms with Gasteiger partial charge < -0.3 is 4.52 Å². The first-order valence-electron chi connectivity index (χ1n) is 8.76. The second kappa shape index (κ2) is 5.59. The molecular weight excluding hydrogens is 352 g/mol. The average molecular weight is 370 g/mol. The summed E-state index contributed by atoms with van der Waals surface area (Å²) in [4.78, 5) is 8.92. The minimum absolute atomic E-state index is 0.130. The molecule has 2 aromatic heterocycles. The van der Waals surface area contributed by atoms with Gasteiger partial charge in [0, 0.05) is 11.9 Å². The summed E-state index contributed by atoms with van der Waals surface area (Å²) >= 11 is 0. The van der Waals surface area contributed by atoms with E-state index in [1.807, 2.05) is 36.4 Å². The molecule has 3 heterocycles. The minimum atomic E-state index is -3.28. The first-order chi connectivity index (χ1) is 12.6. The number of hydrogen-bond donors (Lipinski definition) is 0. The molecule has 0 unspecified atom stereocenters. The normalized spacial score (nSPS) is 21.2. The third-order valence-electron chi connectivity index (χ3n) is 5.34. The highest BCUT2D eigenvalue weighted by Gasteiger charge is 2.58. The second-order valence-corrected chi connectivity index (χ2v) is 9.36. The number of rotatable bonds is 3. The third kappa shape index (κ3) is 2.44. The van der Waals surface area contributed by atoms with Crippen LogP contribution in [0.5, 0.6) is 0 Å². The van der Waals surface area contributed by atoms with E-state index in [1.54, 1.807) is 0 Å². The van der Waals surface area contributed by atoms with E-state index in [4.69, 9.17) is 4.52 Å². The summed E-state index contributed by atoms with van der Waals surface area (Å²) in [6.45, 7) is 0.640. The van der Waals surface area contributed by atoms with Gasteiger partial charge in [-0.25, -0.2) is 13.4 Å². The molecular formula is C18H18N4O3S. The van der Waals surface area contributed by atoms with Crippen LogP contribution < -0.4 is 0 Å². The predicted octanol–water partition coefficient (Wildman–Crippen LogP) is 2.74. The van der Waals surface area contributed by atoms with Gasteiger partial charge in [-0.15, -0.1) is 0 Å². The standard InChI is InChI=1S/C18H18N4O3S/c23-26(24)18(9-10-18)8-3-11-22(26)12-16-20-17(21-25-16)15-7-6-13-4-1-2-5-14(13)19-15/h1-2,4-7H,3,8-12H2. The Bertz CT molecular complexity index is 1090. The van der Waals surface area contributed by atoms with Crippen molar-refractivity contribution in [3.8, 4) is 11.5 Å². The van der Waals surface area contributed by atoms with Crippen LogP contribution >= 0.6 is 0 Å². The summed E-state index contributed by atoms with van der Waals surface area (Å²) < 4.78 is 31.8. The van der Waals surface area contributed by atoms with Crippen molar-refractivity contribution < 1.29 is 12.9 Å². The molecule has 1 saturated carbocycles. The van der Waals surface area contributed by atoms with E-state index in [-0.39, 0.29) is 6.54 Å². The molecule has 1 spiro atoms. The van der Waals surface area contributed by atoms with Crippen LogP contribution in [0.15, 0.2) is 40.9 Å². The van der Waals surface area contributed by atoms with Crippen molar-refractivity contribution >= 4 is 20.9 Å². The minimum Gasteiger partial charge on any atom is -0.337 e. The fourth-order valence-corrected chi connectivity index (χ4v) is 5.89. The van der Waals surface area contributed by atoms with E-state index in [0.29, 0.717) is 24.0 Å². The summed E-state index contributed by atoms with van der Waals surface area (Å²) in [7, 11) is -3.28. The SMILES string of the molecule is O=S1(=O)N(Cc2nc(-c3ccc4ccccc4n3)no2)CCCC12CC2. The van der Waals surface area contributed by atoms with Crippen molar-refractivity contribution in [2.24, 2.45) is 0 Å². The van der Waals surface area contributed by atoms with Crippen LogP contribution in [0.3, 0.4) is 0 Å². The molecule has 26 heavy (non-hydrogen) atoms. The maximum Gasteiger partial charge on any atom is 0.242 e. The summed E-state index contributed by atoms with van der Waals surface area (Å²) in [6, 6.07) is 11.6. The molecule has 134 valence electrons. The Morgan fingerprint density at radius 1 is 1.08 bits per heavy atom. The van der Waals surface area contributed by atoms with Crippen molar-refractivity contribution in [2.75, 3.05) is 6.54 Å². The average Bonchev–Trinajstić information content (AvgIpc) is 3.29. The maximum atomic E-state index is 12.7. The lowest BCUT2D eigenvalue weighted by molar-refractivity contribution is 0.295. The van der Waals surface area contributed by atoms with Crippen LogP contribution in [-0.2, 0) is 16.6 Å². The molecule has 1 aliphatic carbocycles. The van der Waals surface area contributed by atoms with Gasteiger partial charge in [-0.2, -0.15) is 9.29 Å². The predicted molar refractivity (Wildman–Crippen MR) is 95.6 cm³/mol. The number of pyridine rings is 1. The summed E-state index contributed by atoms with van der Waals surface area (Å²) in [5, 5.41) is 5.02. The molecule has 1 aromatic carbocycles. The van der Waals surface area contributed by atoms with E-state index in [2.05, 4.69) is 15.1 Å². The number of aromatic nitrogens is 3. The van der Waals surface area contributed by atoms with Crippen LogP contribution in [0.2, 0.25) is 0 Å². The molecule has 2 aliphatic rings. The Morgan fingerprint density at radius 3 is 2.77 bits per heavy atom. The first-order valence-corrected chi connectivity index (χ1v) is 10.2. The second-order valence-electron chi connectivity index (χ2n) is 7.03. The van der Waals surface area contributed by atoms with Crippen molar-refractivity contribution in [1.82, 2.24) is 19.4 Å². The number of fused-ring (bicyclic) bond motifs is 1. The van der Waals surface area contributed by atoms with Crippen molar-refractivity contribution in [3.05, 3.63) is 42.3 Å². The quantitative estimate of drug-likeness (QED) is 0.704. The number of para-hydroxylation sites is 1. The highest BCUT2D eigenvalue weighted by Crippen LogP contribution is 2.51.